The highest BCUT2D eigenvalue weighted by Crippen LogP contribution is 2.08. The molecule has 0 saturated heterocycles. The smallest absolute Gasteiger partial charge is 0.0558 e. The summed E-state index contributed by atoms with van der Waals surface area (Å²) in [5.74, 6) is 0. The average Bonchev–Trinajstić information content (AvgIpc) is 2.36. The Kier molecular flexibility index (Phi) is 6.86. The third-order valence-corrected chi connectivity index (χ3v) is 2.88. The van der Waals surface area contributed by atoms with Gasteiger partial charge in [-0.25, -0.2) is 0 Å². The molecular weight excluding hydrogens is 212 g/mol. The van der Waals surface area contributed by atoms with Gasteiger partial charge in [0.05, 0.1) is 6.61 Å². The molecule has 3 nitrogen and oxygen atoms in total. The summed E-state index contributed by atoms with van der Waals surface area (Å²) < 4.78 is 0. The summed E-state index contributed by atoms with van der Waals surface area (Å²) in [6.45, 7) is 5.68. The lowest BCUT2D eigenvalue weighted by Crippen LogP contribution is -2.27. The molecule has 0 saturated carbocycles. The highest BCUT2D eigenvalue weighted by molar-refractivity contribution is 5.23. The van der Waals surface area contributed by atoms with Gasteiger partial charge in [-0.2, -0.15) is 0 Å². The average molecular weight is 236 g/mol. The van der Waals surface area contributed by atoms with Crippen LogP contribution in [0.15, 0.2) is 24.3 Å². The van der Waals surface area contributed by atoms with Crippen molar-refractivity contribution >= 4 is 0 Å². The van der Waals surface area contributed by atoms with E-state index in [1.165, 1.54) is 24.0 Å². The van der Waals surface area contributed by atoms with Crippen LogP contribution < -0.4 is 5.73 Å². The van der Waals surface area contributed by atoms with E-state index in [-0.39, 0.29) is 6.61 Å². The standard InChI is InChI=1S/C14H24N2O/c1-2-3-7-16(8-9-17)12-14-6-4-5-13(10-14)11-15/h4-6,10,17H,2-3,7-9,11-12,15H2,1H3. The van der Waals surface area contributed by atoms with Crippen molar-refractivity contribution in [3.63, 3.8) is 0 Å². The molecule has 0 spiro atoms. The van der Waals surface area contributed by atoms with E-state index in [2.05, 4.69) is 30.0 Å². The second kappa shape index (κ2) is 8.23. The number of nitrogens with zero attached hydrogens (tertiary/aromatic N) is 1. The Hall–Kier alpha value is -0.900. The molecule has 0 bridgehead atoms. The van der Waals surface area contributed by atoms with Gasteiger partial charge in [-0.05, 0) is 24.1 Å². The second-order valence-electron chi connectivity index (χ2n) is 4.38. The van der Waals surface area contributed by atoms with Gasteiger partial charge in [0.2, 0.25) is 0 Å². The summed E-state index contributed by atoms with van der Waals surface area (Å²) in [5, 5.41) is 9.05. The van der Waals surface area contributed by atoms with E-state index in [0.29, 0.717) is 6.54 Å². The molecule has 0 aliphatic carbocycles. The van der Waals surface area contributed by atoms with Crippen molar-refractivity contribution in [2.24, 2.45) is 5.73 Å². The fourth-order valence-corrected chi connectivity index (χ4v) is 1.91. The predicted molar refractivity (Wildman–Crippen MR) is 71.6 cm³/mol. The molecule has 1 aromatic rings. The first-order chi connectivity index (χ1) is 8.30. The zero-order valence-electron chi connectivity index (χ0n) is 10.7. The maximum atomic E-state index is 9.05. The van der Waals surface area contributed by atoms with Crippen molar-refractivity contribution in [2.75, 3.05) is 19.7 Å². The fraction of sp³-hybridized carbons (Fsp3) is 0.571. The van der Waals surface area contributed by atoms with Crippen molar-refractivity contribution in [2.45, 2.75) is 32.9 Å². The van der Waals surface area contributed by atoms with Gasteiger partial charge < -0.3 is 10.8 Å². The van der Waals surface area contributed by atoms with E-state index in [1.807, 2.05) is 6.07 Å². The van der Waals surface area contributed by atoms with Crippen LogP contribution in [-0.4, -0.2) is 29.7 Å². The summed E-state index contributed by atoms with van der Waals surface area (Å²) in [6, 6.07) is 8.37. The highest BCUT2D eigenvalue weighted by atomic mass is 16.3. The van der Waals surface area contributed by atoms with Crippen LogP contribution in [0.25, 0.3) is 0 Å². The van der Waals surface area contributed by atoms with Gasteiger partial charge >= 0.3 is 0 Å². The molecule has 1 aromatic carbocycles. The van der Waals surface area contributed by atoms with Crippen molar-refractivity contribution < 1.29 is 5.11 Å². The molecule has 3 N–H and O–H groups in total. The third-order valence-electron chi connectivity index (χ3n) is 2.88. The van der Waals surface area contributed by atoms with E-state index in [9.17, 15) is 0 Å². The predicted octanol–water partition coefficient (Wildman–Crippen LogP) is 1.74. The first-order valence-corrected chi connectivity index (χ1v) is 6.41. The lowest BCUT2D eigenvalue weighted by molar-refractivity contribution is 0.188. The van der Waals surface area contributed by atoms with Crippen LogP contribution in [0, 0.1) is 0 Å². The fourth-order valence-electron chi connectivity index (χ4n) is 1.91. The Labute approximate surface area is 104 Å². The number of benzene rings is 1. The van der Waals surface area contributed by atoms with Crippen molar-refractivity contribution in [3.05, 3.63) is 35.4 Å². The van der Waals surface area contributed by atoms with E-state index in [0.717, 1.165) is 19.6 Å². The minimum absolute atomic E-state index is 0.223. The first-order valence-electron chi connectivity index (χ1n) is 6.41. The molecule has 0 unspecified atom stereocenters. The quantitative estimate of drug-likeness (QED) is 0.723. The van der Waals surface area contributed by atoms with E-state index < -0.39 is 0 Å². The summed E-state index contributed by atoms with van der Waals surface area (Å²) in [5.41, 5.74) is 8.08. The third kappa shape index (κ3) is 5.31. The zero-order chi connectivity index (χ0) is 12.5. The maximum Gasteiger partial charge on any atom is 0.0558 e. The SMILES string of the molecule is CCCCN(CCO)Cc1cccc(CN)c1. The maximum absolute atomic E-state index is 9.05. The molecule has 0 radical (unpaired) electrons. The van der Waals surface area contributed by atoms with Crippen LogP contribution in [0.2, 0.25) is 0 Å². The molecule has 1 rings (SSSR count). The lowest BCUT2D eigenvalue weighted by atomic mass is 10.1. The van der Waals surface area contributed by atoms with Crippen LogP contribution in [0.3, 0.4) is 0 Å². The van der Waals surface area contributed by atoms with E-state index >= 15 is 0 Å². The number of aliphatic hydroxyl groups is 1. The van der Waals surface area contributed by atoms with Crippen molar-refractivity contribution in [1.29, 1.82) is 0 Å². The van der Waals surface area contributed by atoms with Crippen molar-refractivity contribution in [3.8, 4) is 0 Å². The van der Waals surface area contributed by atoms with Crippen molar-refractivity contribution in [1.82, 2.24) is 4.90 Å². The minimum atomic E-state index is 0.223. The summed E-state index contributed by atoms with van der Waals surface area (Å²) in [6.07, 6.45) is 2.36. The highest BCUT2D eigenvalue weighted by Gasteiger charge is 2.05. The summed E-state index contributed by atoms with van der Waals surface area (Å²) in [7, 11) is 0. The molecule has 3 heteroatoms. The number of aliphatic hydroxyl groups excluding tert-OH is 1. The van der Waals surface area contributed by atoms with Crippen LogP contribution in [0.4, 0.5) is 0 Å². The first kappa shape index (κ1) is 14.2. The van der Waals surface area contributed by atoms with Crippen LogP contribution in [0.5, 0.6) is 0 Å². The number of rotatable bonds is 8. The Morgan fingerprint density at radius 3 is 2.65 bits per heavy atom. The monoisotopic (exact) mass is 236 g/mol. The van der Waals surface area contributed by atoms with Gasteiger partial charge in [-0.1, -0.05) is 37.6 Å². The van der Waals surface area contributed by atoms with Crippen LogP contribution >= 0.6 is 0 Å². The van der Waals surface area contributed by atoms with Crippen LogP contribution in [0.1, 0.15) is 30.9 Å². The Morgan fingerprint density at radius 1 is 1.24 bits per heavy atom. The number of unbranched alkanes of at least 4 members (excludes halogenated alkanes) is 1. The van der Waals surface area contributed by atoms with Gasteiger partial charge in [0, 0.05) is 19.6 Å². The topological polar surface area (TPSA) is 49.5 Å². The minimum Gasteiger partial charge on any atom is -0.395 e. The number of hydrogen-bond donors (Lipinski definition) is 2. The van der Waals surface area contributed by atoms with Gasteiger partial charge in [0.25, 0.3) is 0 Å². The summed E-state index contributed by atoms with van der Waals surface area (Å²) >= 11 is 0. The Bertz CT molecular complexity index is 315. The molecule has 0 aliphatic rings. The van der Waals surface area contributed by atoms with Gasteiger partial charge in [-0.3, -0.25) is 4.90 Å². The van der Waals surface area contributed by atoms with Gasteiger partial charge in [0.15, 0.2) is 0 Å². The second-order valence-corrected chi connectivity index (χ2v) is 4.38. The zero-order valence-corrected chi connectivity index (χ0v) is 10.7. The summed E-state index contributed by atoms with van der Waals surface area (Å²) in [4.78, 5) is 2.29. The van der Waals surface area contributed by atoms with Crippen LogP contribution in [-0.2, 0) is 13.1 Å². The molecule has 0 aromatic heterocycles. The Morgan fingerprint density at radius 2 is 2.00 bits per heavy atom. The Balaban J connectivity index is 2.57. The molecule has 17 heavy (non-hydrogen) atoms. The van der Waals surface area contributed by atoms with E-state index in [4.69, 9.17) is 10.8 Å². The molecule has 0 fully saturated rings. The number of hydrogen-bond acceptors (Lipinski definition) is 3. The molecule has 0 atom stereocenters. The molecule has 0 amide bonds. The van der Waals surface area contributed by atoms with Gasteiger partial charge in [0.1, 0.15) is 0 Å². The molecule has 96 valence electrons. The largest absolute Gasteiger partial charge is 0.395 e. The van der Waals surface area contributed by atoms with Gasteiger partial charge in [-0.15, -0.1) is 0 Å². The molecule has 0 heterocycles. The number of nitrogens with two attached hydrogens (primary N) is 1. The van der Waals surface area contributed by atoms with E-state index in [1.54, 1.807) is 0 Å². The molecular formula is C14H24N2O. The normalized spacial score (nSPS) is 11.1. The molecule has 0 aliphatic heterocycles. The lowest BCUT2D eigenvalue weighted by Gasteiger charge is -2.21.